The fourth-order valence-electron chi connectivity index (χ4n) is 4.06. The van der Waals surface area contributed by atoms with Crippen molar-refractivity contribution in [3.63, 3.8) is 0 Å². The van der Waals surface area contributed by atoms with Crippen molar-refractivity contribution in [1.82, 2.24) is 15.5 Å². The lowest BCUT2D eigenvalue weighted by Gasteiger charge is -2.22. The summed E-state index contributed by atoms with van der Waals surface area (Å²) in [4.78, 5) is 50.9. The number of hydrogen-bond acceptors (Lipinski definition) is 8. The van der Waals surface area contributed by atoms with Gasteiger partial charge in [-0.3, -0.25) is 19.8 Å². The molecule has 35 heavy (non-hydrogen) atoms. The van der Waals surface area contributed by atoms with Crippen molar-refractivity contribution in [3.05, 3.63) is 42.0 Å². The molecule has 0 spiro atoms. The van der Waals surface area contributed by atoms with Crippen LogP contribution in [-0.4, -0.2) is 60.9 Å². The highest BCUT2D eigenvalue weighted by Crippen LogP contribution is 2.34. The summed E-state index contributed by atoms with van der Waals surface area (Å²) < 4.78 is 21.5. The number of imide groups is 2. The number of nitrogens with zero attached hydrogens (tertiary/aromatic N) is 1. The summed E-state index contributed by atoms with van der Waals surface area (Å²) in [5.41, 5.74) is -0.139. The third kappa shape index (κ3) is 4.50. The van der Waals surface area contributed by atoms with E-state index in [1.54, 1.807) is 43.3 Å². The van der Waals surface area contributed by atoms with E-state index in [4.69, 9.17) is 18.9 Å². The number of rotatable bonds is 5. The predicted octanol–water partition coefficient (Wildman–Crippen LogP) is 1.39. The fraction of sp³-hybridized carbons (Fsp3) is 0.304. The molecule has 1 saturated heterocycles. The molecule has 0 radical (unpaired) electrons. The Labute approximate surface area is 199 Å². The van der Waals surface area contributed by atoms with Gasteiger partial charge in [0, 0.05) is 18.2 Å². The van der Waals surface area contributed by atoms with Crippen molar-refractivity contribution in [2.24, 2.45) is 0 Å². The molecule has 3 N–H and O–H groups in total. The quantitative estimate of drug-likeness (QED) is 0.543. The van der Waals surface area contributed by atoms with E-state index in [0.29, 0.717) is 41.9 Å². The molecule has 12 nitrogen and oxygen atoms in total. The number of benzene rings is 2. The van der Waals surface area contributed by atoms with E-state index in [-0.39, 0.29) is 13.2 Å². The molecule has 3 heterocycles. The summed E-state index contributed by atoms with van der Waals surface area (Å²) in [5.74, 6) is 0.789. The second-order valence-electron chi connectivity index (χ2n) is 8.38. The van der Waals surface area contributed by atoms with Crippen LogP contribution in [-0.2, 0) is 16.0 Å². The molecular formula is C23H22N4O8. The summed E-state index contributed by atoms with van der Waals surface area (Å²) >= 11 is 0. The van der Waals surface area contributed by atoms with Gasteiger partial charge in [-0.2, -0.15) is 0 Å². The van der Waals surface area contributed by atoms with Gasteiger partial charge in [0.2, 0.25) is 12.7 Å². The summed E-state index contributed by atoms with van der Waals surface area (Å²) in [6.45, 7) is 1.91. The normalized spacial score (nSPS) is 19.9. The number of ether oxygens (including phenoxy) is 4. The van der Waals surface area contributed by atoms with Crippen LogP contribution in [0.5, 0.6) is 23.0 Å². The Morgan fingerprint density at radius 3 is 2.49 bits per heavy atom. The van der Waals surface area contributed by atoms with Gasteiger partial charge in [0.15, 0.2) is 23.0 Å². The smallest absolute Gasteiger partial charge is 0.325 e. The minimum Gasteiger partial charge on any atom is -0.486 e. The molecule has 2 aromatic rings. The van der Waals surface area contributed by atoms with Crippen molar-refractivity contribution in [2.75, 3.05) is 31.9 Å². The minimum absolute atomic E-state index is 0.122. The molecule has 0 saturated carbocycles. The monoisotopic (exact) mass is 482 g/mol. The second-order valence-corrected chi connectivity index (χ2v) is 8.38. The van der Waals surface area contributed by atoms with Crippen LogP contribution in [0.2, 0.25) is 0 Å². The molecule has 5 rings (SSSR count). The molecule has 2 aromatic carbocycles. The fourth-order valence-corrected chi connectivity index (χ4v) is 4.06. The van der Waals surface area contributed by atoms with E-state index >= 15 is 0 Å². The van der Waals surface area contributed by atoms with Crippen LogP contribution in [0.3, 0.4) is 0 Å². The Bertz CT molecular complexity index is 1230. The Balaban J connectivity index is 1.18. The highest BCUT2D eigenvalue weighted by Gasteiger charge is 2.48. The standard InChI is InChI=1S/C23H22N4O8/c1-23(10-13-2-4-16-17(8-13)35-12-34-16)20(29)27(22(31)26-23)11-19(28)25-21(30)24-14-3-5-15-18(9-14)33-7-6-32-15/h2-5,8-9H,6-7,10-12H2,1H3,(H,26,31)(H2,24,25,28,30)/t23-/m0/s1. The molecule has 6 amide bonds. The number of hydrogen-bond donors (Lipinski definition) is 3. The molecule has 182 valence electrons. The highest BCUT2D eigenvalue weighted by atomic mass is 16.7. The first-order chi connectivity index (χ1) is 16.8. The zero-order valence-electron chi connectivity index (χ0n) is 18.7. The molecule has 12 heteroatoms. The van der Waals surface area contributed by atoms with Crippen LogP contribution in [0.4, 0.5) is 15.3 Å². The molecule has 0 aromatic heterocycles. The van der Waals surface area contributed by atoms with Crippen molar-refractivity contribution in [2.45, 2.75) is 18.9 Å². The van der Waals surface area contributed by atoms with Crippen LogP contribution >= 0.6 is 0 Å². The zero-order valence-corrected chi connectivity index (χ0v) is 18.7. The third-order valence-electron chi connectivity index (χ3n) is 5.69. The molecule has 3 aliphatic rings. The summed E-state index contributed by atoms with van der Waals surface area (Å²) in [6.07, 6.45) is 0.178. The van der Waals surface area contributed by atoms with Crippen LogP contribution in [0.1, 0.15) is 12.5 Å². The number of carbonyl (C=O) groups excluding carboxylic acids is 4. The number of urea groups is 2. The number of carbonyl (C=O) groups is 4. The van der Waals surface area contributed by atoms with Crippen LogP contribution in [0, 0.1) is 0 Å². The number of fused-ring (bicyclic) bond motifs is 2. The molecule has 3 aliphatic heterocycles. The molecule has 0 aliphatic carbocycles. The van der Waals surface area contributed by atoms with Crippen molar-refractivity contribution >= 4 is 29.6 Å². The van der Waals surface area contributed by atoms with Gasteiger partial charge >= 0.3 is 12.1 Å². The maximum Gasteiger partial charge on any atom is 0.325 e. The lowest BCUT2D eigenvalue weighted by molar-refractivity contribution is -0.134. The van der Waals surface area contributed by atoms with Gasteiger partial charge in [-0.25, -0.2) is 9.59 Å². The third-order valence-corrected chi connectivity index (χ3v) is 5.69. The number of amides is 6. The average Bonchev–Trinajstić information content (AvgIpc) is 3.36. The van der Waals surface area contributed by atoms with E-state index in [9.17, 15) is 19.2 Å². The lowest BCUT2D eigenvalue weighted by Crippen LogP contribution is -2.47. The predicted molar refractivity (Wildman–Crippen MR) is 120 cm³/mol. The first kappa shape index (κ1) is 22.3. The van der Waals surface area contributed by atoms with Crippen LogP contribution in [0.25, 0.3) is 0 Å². The van der Waals surface area contributed by atoms with Crippen LogP contribution in [0.15, 0.2) is 36.4 Å². The van der Waals surface area contributed by atoms with Gasteiger partial charge < -0.3 is 29.6 Å². The maximum atomic E-state index is 13.0. The van der Waals surface area contributed by atoms with E-state index in [1.807, 2.05) is 0 Å². The molecule has 1 atom stereocenters. The zero-order chi connectivity index (χ0) is 24.6. The topological polar surface area (TPSA) is 145 Å². The Morgan fingerprint density at radius 2 is 1.66 bits per heavy atom. The molecule has 0 unspecified atom stereocenters. The number of anilines is 1. The van der Waals surface area contributed by atoms with E-state index in [2.05, 4.69) is 16.0 Å². The lowest BCUT2D eigenvalue weighted by atomic mass is 9.92. The summed E-state index contributed by atoms with van der Waals surface area (Å²) in [7, 11) is 0. The minimum atomic E-state index is -1.27. The van der Waals surface area contributed by atoms with Gasteiger partial charge in [0.1, 0.15) is 25.3 Å². The Hall–Kier alpha value is -4.48. The van der Waals surface area contributed by atoms with E-state index < -0.39 is 36.0 Å². The van der Waals surface area contributed by atoms with Gasteiger partial charge in [0.05, 0.1) is 0 Å². The van der Waals surface area contributed by atoms with Gasteiger partial charge in [0.25, 0.3) is 5.91 Å². The average molecular weight is 482 g/mol. The summed E-state index contributed by atoms with van der Waals surface area (Å²) in [5, 5.41) is 7.26. The first-order valence-corrected chi connectivity index (χ1v) is 10.8. The van der Waals surface area contributed by atoms with E-state index in [1.165, 1.54) is 0 Å². The van der Waals surface area contributed by atoms with Gasteiger partial charge in [-0.1, -0.05) is 6.07 Å². The summed E-state index contributed by atoms with van der Waals surface area (Å²) in [6, 6.07) is 8.50. The van der Waals surface area contributed by atoms with Crippen molar-refractivity contribution in [3.8, 4) is 23.0 Å². The van der Waals surface area contributed by atoms with Gasteiger partial charge in [-0.05, 0) is 36.8 Å². The first-order valence-electron chi connectivity index (χ1n) is 10.8. The van der Waals surface area contributed by atoms with Crippen LogP contribution < -0.4 is 34.9 Å². The second kappa shape index (κ2) is 8.70. The maximum absolute atomic E-state index is 13.0. The van der Waals surface area contributed by atoms with E-state index in [0.717, 1.165) is 10.5 Å². The SMILES string of the molecule is C[C@@]1(Cc2ccc3c(c2)OCO3)NC(=O)N(CC(=O)NC(=O)Nc2ccc3c(c2)OCCO3)C1=O. The molecule has 1 fully saturated rings. The molecular weight excluding hydrogens is 460 g/mol. The highest BCUT2D eigenvalue weighted by molar-refractivity contribution is 6.10. The van der Waals surface area contributed by atoms with Crippen molar-refractivity contribution in [1.29, 1.82) is 0 Å². The molecule has 0 bridgehead atoms. The van der Waals surface area contributed by atoms with Crippen molar-refractivity contribution < 1.29 is 38.1 Å². The Morgan fingerprint density at radius 1 is 0.971 bits per heavy atom. The largest absolute Gasteiger partial charge is 0.486 e. The number of nitrogens with one attached hydrogen (secondary N) is 3. The Kier molecular flexibility index (Phi) is 5.55. The van der Waals surface area contributed by atoms with Gasteiger partial charge in [-0.15, -0.1) is 0 Å².